The van der Waals surface area contributed by atoms with E-state index in [0.29, 0.717) is 5.88 Å². The fraction of sp³-hybridized carbons (Fsp3) is 0.533. The summed E-state index contributed by atoms with van der Waals surface area (Å²) in [6.07, 6.45) is 5.01. The number of amides is 1. The van der Waals surface area contributed by atoms with E-state index >= 15 is 0 Å². The van der Waals surface area contributed by atoms with Crippen LogP contribution in [0.2, 0.25) is 5.02 Å². The average Bonchev–Trinajstić information content (AvgIpc) is 2.44. The maximum Gasteiger partial charge on any atom is 0.225 e. The van der Waals surface area contributed by atoms with Crippen LogP contribution in [0.4, 0.5) is 4.39 Å². The first-order valence-electron chi connectivity index (χ1n) is 6.86. The zero-order valence-electron chi connectivity index (χ0n) is 11.2. The van der Waals surface area contributed by atoms with Gasteiger partial charge in [0.1, 0.15) is 5.82 Å². The Kier molecular flexibility index (Phi) is 5.28. The molecule has 2 rings (SSSR count). The van der Waals surface area contributed by atoms with Gasteiger partial charge in [-0.1, -0.05) is 36.9 Å². The molecular formula is C15H18Cl2FNO. The van der Waals surface area contributed by atoms with Crippen LogP contribution in [0.3, 0.4) is 0 Å². The zero-order chi connectivity index (χ0) is 14.6. The van der Waals surface area contributed by atoms with Gasteiger partial charge in [0.2, 0.25) is 5.91 Å². The Labute approximate surface area is 128 Å². The van der Waals surface area contributed by atoms with Crippen molar-refractivity contribution in [2.24, 2.45) is 0 Å². The van der Waals surface area contributed by atoms with Crippen LogP contribution >= 0.6 is 23.2 Å². The van der Waals surface area contributed by atoms with Crippen LogP contribution in [-0.4, -0.2) is 17.3 Å². The van der Waals surface area contributed by atoms with Gasteiger partial charge in [-0.3, -0.25) is 4.79 Å². The number of benzene rings is 1. The third-order valence-electron chi connectivity index (χ3n) is 3.87. The number of alkyl halides is 1. The number of carbonyl (C=O) groups excluding carboxylic acids is 1. The largest absolute Gasteiger partial charge is 0.349 e. The number of hydrogen-bond donors (Lipinski definition) is 1. The van der Waals surface area contributed by atoms with Gasteiger partial charge in [-0.2, -0.15) is 0 Å². The van der Waals surface area contributed by atoms with Gasteiger partial charge in [-0.15, -0.1) is 11.6 Å². The Morgan fingerprint density at radius 1 is 1.30 bits per heavy atom. The minimum Gasteiger partial charge on any atom is -0.349 e. The van der Waals surface area contributed by atoms with Crippen LogP contribution in [0.25, 0.3) is 0 Å². The molecule has 1 aromatic carbocycles. The molecule has 0 spiro atoms. The molecule has 1 aromatic rings. The Bertz CT molecular complexity index is 467. The van der Waals surface area contributed by atoms with Crippen molar-refractivity contribution in [1.29, 1.82) is 0 Å². The van der Waals surface area contributed by atoms with Gasteiger partial charge >= 0.3 is 0 Å². The van der Waals surface area contributed by atoms with Crippen LogP contribution in [0.15, 0.2) is 18.2 Å². The van der Waals surface area contributed by atoms with Crippen molar-refractivity contribution in [2.75, 3.05) is 5.88 Å². The highest BCUT2D eigenvalue weighted by molar-refractivity contribution is 6.31. The summed E-state index contributed by atoms with van der Waals surface area (Å²) in [5.74, 6) is -0.278. The first-order valence-corrected chi connectivity index (χ1v) is 7.77. The van der Waals surface area contributed by atoms with Gasteiger partial charge in [0.15, 0.2) is 0 Å². The van der Waals surface area contributed by atoms with Gasteiger partial charge in [-0.05, 0) is 25.0 Å². The first kappa shape index (κ1) is 15.6. The van der Waals surface area contributed by atoms with Crippen molar-refractivity contribution in [3.05, 3.63) is 34.6 Å². The molecule has 1 aliphatic rings. The van der Waals surface area contributed by atoms with E-state index in [1.807, 2.05) is 0 Å². The van der Waals surface area contributed by atoms with E-state index in [1.165, 1.54) is 18.6 Å². The lowest BCUT2D eigenvalue weighted by Gasteiger charge is -2.36. The van der Waals surface area contributed by atoms with E-state index in [4.69, 9.17) is 23.2 Å². The lowest BCUT2D eigenvalue weighted by molar-refractivity contribution is -0.122. The topological polar surface area (TPSA) is 29.1 Å². The first-order chi connectivity index (χ1) is 9.56. The maximum absolute atomic E-state index is 13.7. The van der Waals surface area contributed by atoms with Crippen LogP contribution in [0.1, 0.15) is 37.7 Å². The lowest BCUT2D eigenvalue weighted by atomic mass is 9.83. The number of halogens is 3. The van der Waals surface area contributed by atoms with Gasteiger partial charge in [0.25, 0.3) is 0 Å². The Hall–Kier alpha value is -0.800. The van der Waals surface area contributed by atoms with E-state index in [1.54, 1.807) is 6.07 Å². The summed E-state index contributed by atoms with van der Waals surface area (Å²) in [5.41, 5.74) is -0.0959. The van der Waals surface area contributed by atoms with E-state index < -0.39 is 5.82 Å². The van der Waals surface area contributed by atoms with Gasteiger partial charge in [0.05, 0.1) is 12.0 Å². The van der Waals surface area contributed by atoms with Crippen LogP contribution < -0.4 is 5.32 Å². The molecule has 110 valence electrons. The number of nitrogens with one attached hydrogen (secondary N) is 1. The second-order valence-electron chi connectivity index (χ2n) is 5.40. The predicted molar refractivity (Wildman–Crippen MR) is 79.8 cm³/mol. The highest BCUT2D eigenvalue weighted by Crippen LogP contribution is 2.29. The molecule has 0 bridgehead atoms. The molecule has 5 heteroatoms. The van der Waals surface area contributed by atoms with E-state index in [9.17, 15) is 9.18 Å². The van der Waals surface area contributed by atoms with Crippen molar-refractivity contribution >= 4 is 29.1 Å². The molecular weight excluding hydrogens is 300 g/mol. The van der Waals surface area contributed by atoms with Gasteiger partial charge < -0.3 is 5.32 Å². The molecule has 0 radical (unpaired) electrons. The smallest absolute Gasteiger partial charge is 0.225 e. The minimum atomic E-state index is -0.448. The van der Waals surface area contributed by atoms with Crippen LogP contribution in [0, 0.1) is 5.82 Å². The average molecular weight is 318 g/mol. The SMILES string of the molecule is O=C(Cc1c(F)cccc1Cl)NC1(CCl)CCCCC1. The molecule has 2 nitrogen and oxygen atoms in total. The molecule has 1 aliphatic carbocycles. The summed E-state index contributed by atoms with van der Waals surface area (Å²) in [6, 6.07) is 4.43. The fourth-order valence-electron chi connectivity index (χ4n) is 2.72. The highest BCUT2D eigenvalue weighted by Gasteiger charge is 2.32. The Balaban J connectivity index is 2.05. The normalized spacial score (nSPS) is 17.8. The Morgan fingerprint density at radius 3 is 2.60 bits per heavy atom. The quantitative estimate of drug-likeness (QED) is 0.833. The maximum atomic E-state index is 13.7. The summed E-state index contributed by atoms with van der Waals surface area (Å²) in [7, 11) is 0. The minimum absolute atomic E-state index is 0.0514. The van der Waals surface area contributed by atoms with Gasteiger partial charge in [0, 0.05) is 16.5 Å². The predicted octanol–water partition coefficient (Wildman–Crippen LogP) is 4.08. The molecule has 1 saturated carbocycles. The zero-order valence-corrected chi connectivity index (χ0v) is 12.7. The molecule has 0 unspecified atom stereocenters. The van der Waals surface area contributed by atoms with Crippen molar-refractivity contribution in [2.45, 2.75) is 44.1 Å². The second kappa shape index (κ2) is 6.77. The highest BCUT2D eigenvalue weighted by atomic mass is 35.5. The van der Waals surface area contributed by atoms with Gasteiger partial charge in [-0.25, -0.2) is 4.39 Å². The summed E-state index contributed by atoms with van der Waals surface area (Å²) in [5, 5.41) is 3.27. The fourth-order valence-corrected chi connectivity index (χ4v) is 3.29. The Morgan fingerprint density at radius 2 is 2.00 bits per heavy atom. The number of carbonyl (C=O) groups is 1. The van der Waals surface area contributed by atoms with Crippen LogP contribution in [-0.2, 0) is 11.2 Å². The third-order valence-corrected chi connectivity index (χ3v) is 4.74. The van der Waals surface area contributed by atoms with E-state index in [2.05, 4.69) is 5.32 Å². The molecule has 0 aliphatic heterocycles. The molecule has 20 heavy (non-hydrogen) atoms. The molecule has 0 heterocycles. The van der Waals surface area contributed by atoms with Crippen molar-refractivity contribution in [1.82, 2.24) is 5.32 Å². The molecule has 0 atom stereocenters. The molecule has 0 aromatic heterocycles. The monoisotopic (exact) mass is 317 g/mol. The van der Waals surface area contributed by atoms with E-state index in [0.717, 1.165) is 25.7 Å². The van der Waals surface area contributed by atoms with Crippen molar-refractivity contribution < 1.29 is 9.18 Å². The third kappa shape index (κ3) is 3.64. The summed E-state index contributed by atoms with van der Waals surface area (Å²) >= 11 is 12.0. The summed E-state index contributed by atoms with van der Waals surface area (Å²) in [6.45, 7) is 0. The van der Waals surface area contributed by atoms with Crippen LogP contribution in [0.5, 0.6) is 0 Å². The lowest BCUT2D eigenvalue weighted by Crippen LogP contribution is -2.51. The molecule has 1 amide bonds. The van der Waals surface area contributed by atoms with Crippen molar-refractivity contribution in [3.8, 4) is 0 Å². The molecule has 1 N–H and O–H groups in total. The van der Waals surface area contributed by atoms with Crippen molar-refractivity contribution in [3.63, 3.8) is 0 Å². The standard InChI is InChI=1S/C15H18Cl2FNO/c16-10-15(7-2-1-3-8-15)19-14(20)9-11-12(17)5-4-6-13(11)18/h4-6H,1-3,7-10H2,(H,19,20). The number of rotatable bonds is 4. The summed E-state index contributed by atoms with van der Waals surface area (Å²) in [4.78, 5) is 12.2. The summed E-state index contributed by atoms with van der Waals surface area (Å²) < 4.78 is 13.7. The molecule has 1 fully saturated rings. The number of hydrogen-bond acceptors (Lipinski definition) is 1. The second-order valence-corrected chi connectivity index (χ2v) is 6.07. The van der Waals surface area contributed by atoms with E-state index in [-0.39, 0.29) is 28.5 Å². The molecule has 0 saturated heterocycles.